The topological polar surface area (TPSA) is 66.9 Å². The molecule has 2 N–H and O–H groups in total. The summed E-state index contributed by atoms with van der Waals surface area (Å²) in [6, 6.07) is 9.87. The number of hydrogen-bond acceptors (Lipinski definition) is 3. The Morgan fingerprint density at radius 1 is 1.22 bits per heavy atom. The number of nitrogens with one attached hydrogen (secondary N) is 2. The highest BCUT2D eigenvalue weighted by atomic mass is 127. The molecular weight excluding hydrogens is 405 g/mol. The lowest BCUT2D eigenvalue weighted by Gasteiger charge is -2.09. The molecule has 0 radical (unpaired) electrons. The van der Waals surface area contributed by atoms with Crippen LogP contribution in [-0.2, 0) is 13.1 Å². The van der Waals surface area contributed by atoms with Crippen LogP contribution in [0.15, 0.2) is 52.2 Å². The Labute approximate surface area is 152 Å². The minimum Gasteiger partial charge on any atom is -0.467 e. The van der Waals surface area contributed by atoms with E-state index in [0.29, 0.717) is 19.0 Å². The van der Waals surface area contributed by atoms with Crippen molar-refractivity contribution < 1.29 is 4.42 Å². The zero-order valence-corrected chi connectivity index (χ0v) is 15.4. The number of aryl methyl sites for hydroxylation is 1. The normalized spacial score (nSPS) is 11.3. The molecule has 0 fully saturated rings. The fourth-order valence-corrected chi connectivity index (χ4v) is 2.26. The van der Waals surface area contributed by atoms with Gasteiger partial charge in [0, 0.05) is 18.9 Å². The monoisotopic (exact) mass is 425 g/mol. The maximum atomic E-state index is 5.28. The van der Waals surface area contributed by atoms with Crippen LogP contribution in [0.4, 0.5) is 0 Å². The first-order valence-electron chi connectivity index (χ1n) is 7.17. The maximum Gasteiger partial charge on any atom is 0.191 e. The first-order chi connectivity index (χ1) is 10.8. The van der Waals surface area contributed by atoms with E-state index in [1.807, 2.05) is 30.5 Å². The van der Waals surface area contributed by atoms with E-state index in [1.54, 1.807) is 13.3 Å². The largest absolute Gasteiger partial charge is 0.467 e. The number of fused-ring (bicyclic) bond motifs is 1. The summed E-state index contributed by atoms with van der Waals surface area (Å²) in [4.78, 5) is 8.78. The van der Waals surface area contributed by atoms with E-state index < -0.39 is 0 Å². The molecule has 0 aliphatic rings. The number of pyridine rings is 1. The summed E-state index contributed by atoms with van der Waals surface area (Å²) in [6.45, 7) is 3.27. The molecule has 3 aromatic heterocycles. The third-order valence-corrected chi connectivity index (χ3v) is 3.42. The van der Waals surface area contributed by atoms with E-state index >= 15 is 0 Å². The minimum absolute atomic E-state index is 0. The van der Waals surface area contributed by atoms with Crippen LogP contribution in [0.5, 0.6) is 0 Å². The van der Waals surface area contributed by atoms with Crippen LogP contribution >= 0.6 is 24.0 Å². The SMILES string of the molecule is CN=C(NCc1cn2c(C)cccc2n1)NCc1ccco1.I. The standard InChI is InChI=1S/C16H19N5O.HI/c1-12-5-3-7-15-20-13(11-21(12)15)9-18-16(17-2)19-10-14-6-4-8-22-14;/h3-8,11H,9-10H2,1-2H3,(H2,17,18,19);1H. The highest BCUT2D eigenvalue weighted by Gasteiger charge is 2.05. The third-order valence-electron chi connectivity index (χ3n) is 3.42. The molecule has 0 aromatic carbocycles. The van der Waals surface area contributed by atoms with Crippen molar-refractivity contribution in [2.75, 3.05) is 7.05 Å². The van der Waals surface area contributed by atoms with Gasteiger partial charge in [-0.05, 0) is 31.2 Å². The molecule has 0 aliphatic carbocycles. The first-order valence-corrected chi connectivity index (χ1v) is 7.17. The summed E-state index contributed by atoms with van der Waals surface area (Å²) in [5, 5.41) is 6.45. The molecule has 0 saturated carbocycles. The van der Waals surface area contributed by atoms with Crippen LogP contribution in [0.1, 0.15) is 17.1 Å². The maximum absolute atomic E-state index is 5.28. The summed E-state index contributed by atoms with van der Waals surface area (Å²) in [6.07, 6.45) is 3.70. The summed E-state index contributed by atoms with van der Waals surface area (Å²) in [7, 11) is 1.74. The summed E-state index contributed by atoms with van der Waals surface area (Å²) in [5.74, 6) is 1.58. The fraction of sp³-hybridized carbons (Fsp3) is 0.250. The molecule has 3 rings (SSSR count). The zero-order chi connectivity index (χ0) is 15.4. The highest BCUT2D eigenvalue weighted by molar-refractivity contribution is 14.0. The first kappa shape index (κ1) is 17.3. The van der Waals surface area contributed by atoms with Crippen LogP contribution < -0.4 is 10.6 Å². The van der Waals surface area contributed by atoms with Gasteiger partial charge in [-0.3, -0.25) is 4.99 Å². The van der Waals surface area contributed by atoms with E-state index in [1.165, 1.54) is 0 Å². The number of nitrogens with zero attached hydrogens (tertiary/aromatic N) is 3. The smallest absolute Gasteiger partial charge is 0.191 e. The van der Waals surface area contributed by atoms with Crippen molar-refractivity contribution in [1.29, 1.82) is 0 Å². The molecule has 3 aromatic rings. The predicted molar refractivity (Wildman–Crippen MR) is 101 cm³/mol. The van der Waals surface area contributed by atoms with Crippen LogP contribution in [-0.4, -0.2) is 22.4 Å². The average molecular weight is 425 g/mol. The van der Waals surface area contributed by atoms with Gasteiger partial charge in [-0.2, -0.15) is 0 Å². The van der Waals surface area contributed by atoms with Gasteiger partial charge in [-0.25, -0.2) is 4.98 Å². The number of imidazole rings is 1. The second-order valence-electron chi connectivity index (χ2n) is 4.99. The number of guanidine groups is 1. The lowest BCUT2D eigenvalue weighted by Crippen LogP contribution is -2.36. The highest BCUT2D eigenvalue weighted by Crippen LogP contribution is 2.08. The number of aliphatic imine (C=N–C) groups is 1. The van der Waals surface area contributed by atoms with Crippen LogP contribution in [0.2, 0.25) is 0 Å². The Morgan fingerprint density at radius 2 is 2.04 bits per heavy atom. The zero-order valence-electron chi connectivity index (χ0n) is 13.1. The summed E-state index contributed by atoms with van der Waals surface area (Å²) >= 11 is 0. The van der Waals surface area contributed by atoms with Crippen molar-refractivity contribution >= 4 is 35.6 Å². The fourth-order valence-electron chi connectivity index (χ4n) is 2.26. The number of aromatic nitrogens is 2. The quantitative estimate of drug-likeness (QED) is 0.383. The Kier molecular flexibility index (Phi) is 6.03. The van der Waals surface area contributed by atoms with Crippen molar-refractivity contribution in [2.45, 2.75) is 20.0 Å². The molecule has 0 unspecified atom stereocenters. The van der Waals surface area contributed by atoms with Gasteiger partial charge in [0.15, 0.2) is 5.96 Å². The van der Waals surface area contributed by atoms with Gasteiger partial charge < -0.3 is 19.5 Å². The average Bonchev–Trinajstić information content (AvgIpc) is 3.17. The third kappa shape index (κ3) is 4.25. The number of rotatable bonds is 4. The van der Waals surface area contributed by atoms with Gasteiger partial charge in [0.2, 0.25) is 0 Å². The molecule has 0 amide bonds. The molecule has 3 heterocycles. The lowest BCUT2D eigenvalue weighted by atomic mass is 10.4. The van der Waals surface area contributed by atoms with Crippen LogP contribution in [0.3, 0.4) is 0 Å². The van der Waals surface area contributed by atoms with E-state index in [0.717, 1.165) is 22.8 Å². The number of hydrogen-bond donors (Lipinski definition) is 2. The molecule has 0 bridgehead atoms. The van der Waals surface area contributed by atoms with Crippen LogP contribution in [0, 0.1) is 6.92 Å². The van der Waals surface area contributed by atoms with E-state index in [2.05, 4.69) is 38.0 Å². The lowest BCUT2D eigenvalue weighted by molar-refractivity contribution is 0.501. The van der Waals surface area contributed by atoms with Gasteiger partial charge in [-0.15, -0.1) is 24.0 Å². The minimum atomic E-state index is 0. The Bertz CT molecular complexity index is 779. The molecule has 7 heteroatoms. The van der Waals surface area contributed by atoms with Gasteiger partial charge in [-0.1, -0.05) is 6.07 Å². The summed E-state index contributed by atoms with van der Waals surface area (Å²) in [5.41, 5.74) is 3.09. The molecule has 122 valence electrons. The van der Waals surface area contributed by atoms with Crippen LogP contribution in [0.25, 0.3) is 5.65 Å². The number of halogens is 1. The second kappa shape index (κ2) is 8.00. The van der Waals surface area contributed by atoms with Crippen molar-refractivity contribution in [2.24, 2.45) is 4.99 Å². The summed E-state index contributed by atoms with van der Waals surface area (Å²) < 4.78 is 7.36. The van der Waals surface area contributed by atoms with E-state index in [-0.39, 0.29) is 24.0 Å². The molecule has 0 aliphatic heterocycles. The Balaban J connectivity index is 0.00000192. The van der Waals surface area contributed by atoms with Gasteiger partial charge in [0.05, 0.1) is 25.0 Å². The van der Waals surface area contributed by atoms with Crippen molar-refractivity contribution in [1.82, 2.24) is 20.0 Å². The second-order valence-corrected chi connectivity index (χ2v) is 4.99. The molecule has 0 saturated heterocycles. The molecule has 0 atom stereocenters. The van der Waals surface area contributed by atoms with Gasteiger partial charge in [0.25, 0.3) is 0 Å². The number of furan rings is 1. The Hall–Kier alpha value is -2.03. The molecule has 0 spiro atoms. The van der Waals surface area contributed by atoms with Crippen molar-refractivity contribution in [3.8, 4) is 0 Å². The predicted octanol–water partition coefficient (Wildman–Crippen LogP) is 2.72. The van der Waals surface area contributed by atoms with Crippen molar-refractivity contribution in [3.63, 3.8) is 0 Å². The Morgan fingerprint density at radius 3 is 2.74 bits per heavy atom. The molecule has 23 heavy (non-hydrogen) atoms. The van der Waals surface area contributed by atoms with Gasteiger partial charge in [0.1, 0.15) is 11.4 Å². The van der Waals surface area contributed by atoms with Gasteiger partial charge >= 0.3 is 0 Å². The van der Waals surface area contributed by atoms with E-state index in [9.17, 15) is 0 Å². The molecular formula is C16H20IN5O. The molecule has 6 nitrogen and oxygen atoms in total. The van der Waals surface area contributed by atoms with E-state index in [4.69, 9.17) is 4.42 Å². The van der Waals surface area contributed by atoms with Crippen molar-refractivity contribution in [3.05, 3.63) is 59.9 Å².